The van der Waals surface area contributed by atoms with E-state index in [4.69, 9.17) is 14.2 Å². The summed E-state index contributed by atoms with van der Waals surface area (Å²) in [4.78, 5) is 23.2. The first-order valence-electron chi connectivity index (χ1n) is 13.3. The Bertz CT molecular complexity index is 1680. The number of nitrogens with zero attached hydrogens (tertiary/aromatic N) is 2. The number of non-ortho nitro benzene ring substituents is 1. The van der Waals surface area contributed by atoms with Crippen molar-refractivity contribution < 1.29 is 28.3 Å². The molecule has 0 aliphatic heterocycles. The Hall–Kier alpha value is -5.71. The lowest BCUT2D eigenvalue weighted by molar-refractivity contribution is -0.384. The molecular formula is C32H27FN4O6. The van der Waals surface area contributed by atoms with Crippen molar-refractivity contribution in [2.75, 3.05) is 13.2 Å². The van der Waals surface area contributed by atoms with Gasteiger partial charge in [0.05, 0.1) is 10.5 Å². The minimum absolute atomic E-state index is 0.0874. The summed E-state index contributed by atoms with van der Waals surface area (Å²) in [6, 6.07) is 29.7. The smallest absolute Gasteiger partial charge is 0.269 e. The van der Waals surface area contributed by atoms with Crippen molar-refractivity contribution >= 4 is 11.6 Å². The fourth-order valence-electron chi connectivity index (χ4n) is 4.16. The molecular weight excluding hydrogens is 555 g/mol. The van der Waals surface area contributed by atoms with Crippen LogP contribution in [0, 0.1) is 10.1 Å². The van der Waals surface area contributed by atoms with E-state index in [1.807, 2.05) is 60.7 Å². The number of carbonyl (C=O) groups is 1. The van der Waals surface area contributed by atoms with Gasteiger partial charge in [0, 0.05) is 30.8 Å². The average Bonchev–Trinajstić information content (AvgIpc) is 3.53. The number of benzene rings is 4. The van der Waals surface area contributed by atoms with Crippen LogP contribution in [0.2, 0.25) is 0 Å². The Morgan fingerprint density at radius 3 is 2.09 bits per heavy atom. The number of hydrogen-bond donors (Lipinski definition) is 2. The van der Waals surface area contributed by atoms with E-state index in [1.165, 1.54) is 30.3 Å². The molecule has 1 aromatic heterocycles. The van der Waals surface area contributed by atoms with Gasteiger partial charge in [0.25, 0.3) is 11.6 Å². The van der Waals surface area contributed by atoms with Crippen molar-refractivity contribution in [1.82, 2.24) is 15.5 Å². The van der Waals surface area contributed by atoms with Crippen LogP contribution in [0.25, 0.3) is 11.3 Å². The summed E-state index contributed by atoms with van der Waals surface area (Å²) in [5.41, 5.74) is 2.61. The van der Waals surface area contributed by atoms with Gasteiger partial charge in [-0.1, -0.05) is 60.7 Å². The molecule has 10 nitrogen and oxygen atoms in total. The average molecular weight is 583 g/mol. The standard InChI is InChI=1S/C32H27FN4O6/c33-15-16-34-32(38)28-19-27(35-36-28)31-29(42-21-23-9-5-2-6-10-23)17-26(41-20-22-7-3-1-4-8-22)18-30(31)43-25-13-11-24(12-14-25)37(39)40/h1-14,17-19H,15-16,20-21H2,(H,34,38)(H,35,36). The van der Waals surface area contributed by atoms with Gasteiger partial charge in [0.15, 0.2) is 0 Å². The molecule has 0 aliphatic carbocycles. The number of hydrogen-bond acceptors (Lipinski definition) is 7. The largest absolute Gasteiger partial charge is 0.489 e. The number of nitrogens with one attached hydrogen (secondary N) is 2. The van der Waals surface area contributed by atoms with Crippen LogP contribution in [0.15, 0.2) is 103 Å². The Labute approximate surface area is 246 Å². The predicted molar refractivity (Wildman–Crippen MR) is 157 cm³/mol. The van der Waals surface area contributed by atoms with Crippen molar-refractivity contribution in [3.05, 3.63) is 130 Å². The number of amides is 1. The number of carbonyl (C=O) groups excluding carboxylic acids is 1. The molecule has 5 aromatic rings. The van der Waals surface area contributed by atoms with Crippen LogP contribution in [0.5, 0.6) is 23.0 Å². The molecule has 0 spiro atoms. The topological polar surface area (TPSA) is 129 Å². The second kappa shape index (κ2) is 13.8. The molecule has 0 saturated carbocycles. The van der Waals surface area contributed by atoms with Gasteiger partial charge in [-0.25, -0.2) is 4.39 Å². The molecule has 0 aliphatic rings. The lowest BCUT2D eigenvalue weighted by Gasteiger charge is -2.18. The third-order valence-electron chi connectivity index (χ3n) is 6.26. The number of aromatic nitrogens is 2. The van der Waals surface area contributed by atoms with E-state index in [0.29, 0.717) is 28.5 Å². The van der Waals surface area contributed by atoms with Crippen molar-refractivity contribution in [3.8, 4) is 34.3 Å². The zero-order valence-corrected chi connectivity index (χ0v) is 22.9. The summed E-state index contributed by atoms with van der Waals surface area (Å²) >= 11 is 0. The van der Waals surface area contributed by atoms with E-state index in [-0.39, 0.29) is 36.9 Å². The van der Waals surface area contributed by atoms with Crippen LogP contribution in [-0.2, 0) is 13.2 Å². The Morgan fingerprint density at radius 1 is 0.837 bits per heavy atom. The summed E-state index contributed by atoms with van der Waals surface area (Å²) in [5, 5.41) is 20.6. The summed E-state index contributed by atoms with van der Waals surface area (Å²) in [6.45, 7) is -0.361. The van der Waals surface area contributed by atoms with Crippen LogP contribution in [0.1, 0.15) is 21.6 Å². The zero-order valence-electron chi connectivity index (χ0n) is 22.9. The molecule has 11 heteroatoms. The van der Waals surface area contributed by atoms with E-state index in [0.717, 1.165) is 11.1 Å². The van der Waals surface area contributed by atoms with Gasteiger partial charge < -0.3 is 19.5 Å². The molecule has 2 N–H and O–H groups in total. The summed E-state index contributed by atoms with van der Waals surface area (Å²) in [6.07, 6.45) is 0. The first-order valence-corrected chi connectivity index (χ1v) is 13.3. The van der Waals surface area contributed by atoms with Gasteiger partial charge >= 0.3 is 0 Å². The second-order valence-corrected chi connectivity index (χ2v) is 9.31. The number of alkyl halides is 1. The minimum atomic E-state index is -0.706. The number of rotatable bonds is 13. The van der Waals surface area contributed by atoms with Crippen molar-refractivity contribution in [2.24, 2.45) is 0 Å². The lowest BCUT2D eigenvalue weighted by atomic mass is 10.1. The summed E-state index contributed by atoms with van der Waals surface area (Å²) in [7, 11) is 0. The fraction of sp³-hybridized carbons (Fsp3) is 0.125. The normalized spacial score (nSPS) is 10.6. The van der Waals surface area contributed by atoms with E-state index in [1.54, 1.807) is 12.1 Å². The monoisotopic (exact) mass is 582 g/mol. The van der Waals surface area contributed by atoms with Gasteiger partial charge in [0.2, 0.25) is 0 Å². The molecule has 0 bridgehead atoms. The molecule has 43 heavy (non-hydrogen) atoms. The molecule has 1 amide bonds. The van der Waals surface area contributed by atoms with E-state index in [9.17, 15) is 19.3 Å². The van der Waals surface area contributed by atoms with E-state index in [2.05, 4.69) is 15.5 Å². The Kier molecular flexibility index (Phi) is 9.22. The SMILES string of the molecule is O=C(NCCF)c1cc(-c2c(OCc3ccccc3)cc(OCc3ccccc3)cc2Oc2ccc([N+](=O)[O-])cc2)n[nH]1. The maximum atomic E-state index is 12.6. The van der Waals surface area contributed by atoms with Gasteiger partial charge in [0.1, 0.15) is 54.3 Å². The Balaban J connectivity index is 1.56. The molecule has 0 fully saturated rings. The minimum Gasteiger partial charge on any atom is -0.489 e. The van der Waals surface area contributed by atoms with Gasteiger partial charge in [-0.05, 0) is 29.3 Å². The molecule has 0 unspecified atom stereocenters. The Morgan fingerprint density at radius 2 is 1.47 bits per heavy atom. The molecule has 0 atom stereocenters. The second-order valence-electron chi connectivity index (χ2n) is 9.31. The van der Waals surface area contributed by atoms with Crippen LogP contribution in [0.4, 0.5) is 10.1 Å². The van der Waals surface area contributed by atoms with Crippen molar-refractivity contribution in [3.63, 3.8) is 0 Å². The molecule has 218 valence electrons. The number of nitro benzene ring substituents is 1. The highest BCUT2D eigenvalue weighted by Crippen LogP contribution is 2.44. The highest BCUT2D eigenvalue weighted by Gasteiger charge is 2.22. The number of nitro groups is 1. The van der Waals surface area contributed by atoms with E-state index < -0.39 is 17.5 Å². The molecule has 1 heterocycles. The van der Waals surface area contributed by atoms with E-state index >= 15 is 0 Å². The first kappa shape index (κ1) is 28.8. The summed E-state index contributed by atoms with van der Waals surface area (Å²) < 4.78 is 31.3. The number of halogens is 1. The van der Waals surface area contributed by atoms with Gasteiger partial charge in [-0.15, -0.1) is 0 Å². The maximum Gasteiger partial charge on any atom is 0.269 e. The third-order valence-corrected chi connectivity index (χ3v) is 6.26. The van der Waals surface area contributed by atoms with Gasteiger partial charge in [-0.2, -0.15) is 5.10 Å². The van der Waals surface area contributed by atoms with Crippen LogP contribution in [-0.4, -0.2) is 34.2 Å². The van der Waals surface area contributed by atoms with Crippen molar-refractivity contribution in [1.29, 1.82) is 0 Å². The highest BCUT2D eigenvalue weighted by atomic mass is 19.1. The number of H-pyrrole nitrogens is 1. The maximum absolute atomic E-state index is 12.6. The predicted octanol–water partition coefficient (Wildman–Crippen LogP) is 6.63. The third kappa shape index (κ3) is 7.53. The summed E-state index contributed by atoms with van der Waals surface area (Å²) in [5.74, 6) is 0.851. The van der Waals surface area contributed by atoms with Gasteiger partial charge in [-0.3, -0.25) is 20.0 Å². The number of ether oxygens (including phenoxy) is 3. The van der Waals surface area contributed by atoms with Crippen LogP contribution < -0.4 is 19.5 Å². The molecule has 0 radical (unpaired) electrons. The lowest BCUT2D eigenvalue weighted by Crippen LogP contribution is -2.25. The molecule has 5 rings (SSSR count). The zero-order chi connectivity index (χ0) is 30.0. The van der Waals surface area contributed by atoms with Crippen LogP contribution in [0.3, 0.4) is 0 Å². The van der Waals surface area contributed by atoms with Crippen molar-refractivity contribution in [2.45, 2.75) is 13.2 Å². The molecule has 4 aromatic carbocycles. The van der Waals surface area contributed by atoms with Crippen LogP contribution >= 0.6 is 0 Å². The number of aromatic amines is 1. The highest BCUT2D eigenvalue weighted by molar-refractivity contribution is 5.94. The fourth-order valence-corrected chi connectivity index (χ4v) is 4.16. The quantitative estimate of drug-likeness (QED) is 0.118. The first-order chi connectivity index (χ1) is 21.0. The molecule has 0 saturated heterocycles.